The van der Waals surface area contributed by atoms with E-state index in [9.17, 15) is 9.90 Å². The first kappa shape index (κ1) is 16.9. The second-order valence-electron chi connectivity index (χ2n) is 6.84. The number of carbonyl (C=O) groups is 1. The minimum Gasteiger partial charge on any atom is -0.383 e. The van der Waals surface area contributed by atoms with Gasteiger partial charge in [0.2, 0.25) is 0 Å². The predicted molar refractivity (Wildman–Crippen MR) is 102 cm³/mol. The SMILES string of the molecule is Cc1ccccc1[C@@]1(O)CCN(C(=O)Nc2c(C)ccc3nsnc23)C1. The van der Waals surface area contributed by atoms with Gasteiger partial charge in [-0.2, -0.15) is 8.75 Å². The van der Waals surface area contributed by atoms with Crippen LogP contribution in [0.4, 0.5) is 10.5 Å². The number of amides is 2. The molecule has 2 amide bonds. The first-order chi connectivity index (χ1) is 12.5. The molecule has 0 radical (unpaired) electrons. The number of aryl methyl sites for hydroxylation is 2. The van der Waals surface area contributed by atoms with E-state index in [-0.39, 0.29) is 12.6 Å². The minimum atomic E-state index is -1.01. The zero-order chi connectivity index (χ0) is 18.3. The van der Waals surface area contributed by atoms with Crippen LogP contribution >= 0.6 is 11.7 Å². The van der Waals surface area contributed by atoms with Crippen molar-refractivity contribution >= 4 is 34.5 Å². The number of likely N-dealkylation sites (tertiary alicyclic amines) is 1. The van der Waals surface area contributed by atoms with E-state index < -0.39 is 5.60 Å². The van der Waals surface area contributed by atoms with Gasteiger partial charge in [0.1, 0.15) is 16.6 Å². The molecule has 0 saturated carbocycles. The third kappa shape index (κ3) is 2.83. The van der Waals surface area contributed by atoms with Crippen LogP contribution in [-0.4, -0.2) is 37.9 Å². The summed E-state index contributed by atoms with van der Waals surface area (Å²) in [5.74, 6) is 0. The molecule has 1 fully saturated rings. The van der Waals surface area contributed by atoms with Crippen LogP contribution in [0.15, 0.2) is 36.4 Å². The lowest BCUT2D eigenvalue weighted by Gasteiger charge is -2.25. The first-order valence-electron chi connectivity index (χ1n) is 8.54. The fourth-order valence-corrected chi connectivity index (χ4v) is 4.12. The predicted octanol–water partition coefficient (Wildman–Crippen LogP) is 3.43. The number of anilines is 1. The molecule has 2 N–H and O–H groups in total. The highest BCUT2D eigenvalue weighted by Gasteiger charge is 2.40. The molecule has 1 atom stereocenters. The van der Waals surface area contributed by atoms with Gasteiger partial charge in [-0.15, -0.1) is 0 Å². The lowest BCUT2D eigenvalue weighted by Crippen LogP contribution is -2.37. The Bertz CT molecular complexity index is 987. The largest absolute Gasteiger partial charge is 0.383 e. The van der Waals surface area contributed by atoms with Crippen molar-refractivity contribution < 1.29 is 9.90 Å². The van der Waals surface area contributed by atoms with Gasteiger partial charge in [-0.05, 0) is 43.0 Å². The number of β-amino-alcohol motifs (C(OH)–C–C–N with tert-alkyl or cyclic N) is 1. The number of nitrogens with one attached hydrogen (secondary N) is 1. The Balaban J connectivity index is 1.56. The lowest BCUT2D eigenvalue weighted by molar-refractivity contribution is 0.0494. The number of benzene rings is 2. The van der Waals surface area contributed by atoms with Gasteiger partial charge in [0.15, 0.2) is 0 Å². The van der Waals surface area contributed by atoms with E-state index in [1.165, 1.54) is 0 Å². The highest BCUT2D eigenvalue weighted by Crippen LogP contribution is 2.34. The van der Waals surface area contributed by atoms with Crippen molar-refractivity contribution in [1.29, 1.82) is 0 Å². The fourth-order valence-electron chi connectivity index (χ4n) is 3.58. The summed E-state index contributed by atoms with van der Waals surface area (Å²) in [6.45, 7) is 4.69. The molecular formula is C19H20N4O2S. The normalized spacial score (nSPS) is 19.9. The summed E-state index contributed by atoms with van der Waals surface area (Å²) in [4.78, 5) is 14.5. The van der Waals surface area contributed by atoms with Gasteiger partial charge in [0.05, 0.1) is 24.0 Å². The van der Waals surface area contributed by atoms with E-state index in [0.717, 1.165) is 33.9 Å². The van der Waals surface area contributed by atoms with Gasteiger partial charge < -0.3 is 15.3 Å². The van der Waals surface area contributed by atoms with Crippen LogP contribution in [0.1, 0.15) is 23.1 Å². The number of carbonyl (C=O) groups excluding carboxylic acids is 1. The van der Waals surface area contributed by atoms with Gasteiger partial charge in [0, 0.05) is 6.54 Å². The van der Waals surface area contributed by atoms with Crippen LogP contribution in [0, 0.1) is 13.8 Å². The van der Waals surface area contributed by atoms with Crippen molar-refractivity contribution in [3.63, 3.8) is 0 Å². The number of fused-ring (bicyclic) bond motifs is 1. The molecule has 3 aromatic rings. The highest BCUT2D eigenvalue weighted by atomic mass is 32.1. The number of urea groups is 1. The summed E-state index contributed by atoms with van der Waals surface area (Å²) < 4.78 is 8.52. The van der Waals surface area contributed by atoms with E-state index in [4.69, 9.17) is 0 Å². The van der Waals surface area contributed by atoms with Crippen molar-refractivity contribution in [3.05, 3.63) is 53.1 Å². The molecule has 2 aromatic carbocycles. The Hall–Kier alpha value is -2.51. The number of hydrogen-bond donors (Lipinski definition) is 2. The van der Waals surface area contributed by atoms with Crippen LogP contribution in [-0.2, 0) is 5.60 Å². The molecule has 26 heavy (non-hydrogen) atoms. The smallest absolute Gasteiger partial charge is 0.322 e. The third-order valence-corrected chi connectivity index (χ3v) is 5.59. The molecule has 6 nitrogen and oxygen atoms in total. The fraction of sp³-hybridized carbons (Fsp3) is 0.316. The van der Waals surface area contributed by atoms with Crippen LogP contribution in [0.25, 0.3) is 11.0 Å². The average molecular weight is 368 g/mol. The molecule has 0 spiro atoms. The standard InChI is InChI=1S/C19H20N4O2S/c1-12-5-3-4-6-14(12)19(25)9-10-23(11-19)18(24)20-16-13(2)7-8-15-17(16)22-26-21-15/h3-8,25H,9-11H2,1-2H3,(H,20,24)/t19-/m1/s1. The minimum absolute atomic E-state index is 0.224. The summed E-state index contributed by atoms with van der Waals surface area (Å²) in [6.07, 6.45) is 0.521. The molecule has 134 valence electrons. The first-order valence-corrected chi connectivity index (χ1v) is 9.27. The Morgan fingerprint density at radius 1 is 1.19 bits per heavy atom. The Labute approximate surface area is 155 Å². The third-order valence-electron chi connectivity index (χ3n) is 5.05. The molecule has 0 unspecified atom stereocenters. The monoisotopic (exact) mass is 368 g/mol. The van der Waals surface area contributed by atoms with Crippen LogP contribution < -0.4 is 5.32 Å². The van der Waals surface area contributed by atoms with Crippen molar-refractivity contribution in [3.8, 4) is 0 Å². The lowest BCUT2D eigenvalue weighted by atomic mass is 9.89. The summed E-state index contributed by atoms with van der Waals surface area (Å²) in [7, 11) is 0. The Kier molecular flexibility index (Phi) is 4.13. The zero-order valence-electron chi connectivity index (χ0n) is 14.7. The number of rotatable bonds is 2. The summed E-state index contributed by atoms with van der Waals surface area (Å²) in [5, 5.41) is 14.0. The second kappa shape index (κ2) is 6.34. The van der Waals surface area contributed by atoms with E-state index in [1.54, 1.807) is 4.90 Å². The molecule has 4 rings (SSSR count). The number of hydrogen-bond acceptors (Lipinski definition) is 5. The molecule has 1 aliphatic heterocycles. The second-order valence-corrected chi connectivity index (χ2v) is 7.37. The Morgan fingerprint density at radius 3 is 2.81 bits per heavy atom. The van der Waals surface area contributed by atoms with Crippen molar-refractivity contribution in [2.24, 2.45) is 0 Å². The van der Waals surface area contributed by atoms with E-state index >= 15 is 0 Å². The van der Waals surface area contributed by atoms with Gasteiger partial charge in [-0.1, -0.05) is 30.3 Å². The molecule has 1 aromatic heterocycles. The van der Waals surface area contributed by atoms with Crippen LogP contribution in [0.2, 0.25) is 0 Å². The quantitative estimate of drug-likeness (QED) is 0.726. The zero-order valence-corrected chi connectivity index (χ0v) is 15.5. The highest BCUT2D eigenvalue weighted by molar-refractivity contribution is 7.00. The van der Waals surface area contributed by atoms with Gasteiger partial charge in [-0.3, -0.25) is 0 Å². The van der Waals surface area contributed by atoms with Crippen molar-refractivity contribution in [1.82, 2.24) is 13.6 Å². The van der Waals surface area contributed by atoms with Gasteiger partial charge >= 0.3 is 6.03 Å². The van der Waals surface area contributed by atoms with E-state index in [2.05, 4.69) is 14.1 Å². The summed E-state index contributed by atoms with van der Waals surface area (Å²) in [5.41, 5.74) is 4.01. The molecular weight excluding hydrogens is 348 g/mol. The maximum atomic E-state index is 12.8. The maximum absolute atomic E-state index is 12.8. The number of aliphatic hydroxyl groups is 1. The maximum Gasteiger partial charge on any atom is 0.322 e. The van der Waals surface area contributed by atoms with Crippen LogP contribution in [0.5, 0.6) is 0 Å². The number of aromatic nitrogens is 2. The Morgan fingerprint density at radius 2 is 2.00 bits per heavy atom. The van der Waals surface area contributed by atoms with E-state index in [1.807, 2.05) is 50.2 Å². The van der Waals surface area contributed by atoms with E-state index in [0.29, 0.717) is 24.2 Å². The average Bonchev–Trinajstić information content (AvgIpc) is 3.25. The van der Waals surface area contributed by atoms with Crippen molar-refractivity contribution in [2.45, 2.75) is 25.9 Å². The van der Waals surface area contributed by atoms with Gasteiger partial charge in [0.25, 0.3) is 0 Å². The molecule has 7 heteroatoms. The molecule has 0 bridgehead atoms. The number of nitrogens with zero attached hydrogens (tertiary/aromatic N) is 3. The van der Waals surface area contributed by atoms with Gasteiger partial charge in [-0.25, -0.2) is 4.79 Å². The summed E-state index contributed by atoms with van der Waals surface area (Å²) in [6, 6.07) is 11.4. The molecule has 0 aliphatic carbocycles. The molecule has 1 saturated heterocycles. The molecule has 1 aliphatic rings. The molecule has 2 heterocycles. The summed E-state index contributed by atoms with van der Waals surface area (Å²) >= 11 is 1.13. The van der Waals surface area contributed by atoms with Crippen molar-refractivity contribution in [2.75, 3.05) is 18.4 Å². The topological polar surface area (TPSA) is 78.4 Å². The van der Waals surface area contributed by atoms with Crippen LogP contribution in [0.3, 0.4) is 0 Å².